The van der Waals surface area contributed by atoms with Gasteiger partial charge in [-0.15, -0.1) is 0 Å². The first-order valence-corrected chi connectivity index (χ1v) is 7.44. The highest BCUT2D eigenvalue weighted by atomic mass is 16.3. The minimum Gasteiger partial charge on any atom is -0.396 e. The Balaban J connectivity index is 2.36. The number of imide groups is 1. The van der Waals surface area contributed by atoms with Crippen molar-refractivity contribution in [1.29, 1.82) is 0 Å². The van der Waals surface area contributed by atoms with Crippen LogP contribution in [0.2, 0.25) is 0 Å². The third-order valence-corrected chi connectivity index (χ3v) is 4.40. The van der Waals surface area contributed by atoms with Crippen LogP contribution in [-0.2, 0) is 15.0 Å². The normalized spacial score (nSPS) is 24.0. The number of aliphatic hydroxyl groups excluding tert-OH is 1. The second-order valence-corrected chi connectivity index (χ2v) is 6.27. The summed E-state index contributed by atoms with van der Waals surface area (Å²) >= 11 is 0. The van der Waals surface area contributed by atoms with Gasteiger partial charge in [0.2, 0.25) is 11.8 Å². The molecule has 21 heavy (non-hydrogen) atoms. The van der Waals surface area contributed by atoms with Crippen molar-refractivity contribution >= 4 is 11.8 Å². The van der Waals surface area contributed by atoms with Gasteiger partial charge in [-0.1, -0.05) is 44.2 Å². The summed E-state index contributed by atoms with van der Waals surface area (Å²) in [5.74, 6) is -0.160. The number of rotatable bonds is 5. The standard InChI is InChI=1S/C17H23NO3/c1-12(2)14(9-10-19)18-15(20)11-17(3,16(18)21)13-7-5-4-6-8-13/h4-8,12,14,19H,9-11H2,1-3H3. The molecule has 2 unspecified atom stereocenters. The molecule has 1 N–H and O–H groups in total. The van der Waals surface area contributed by atoms with Crippen molar-refractivity contribution in [2.45, 2.75) is 45.1 Å². The lowest BCUT2D eigenvalue weighted by Gasteiger charge is -2.31. The Morgan fingerprint density at radius 2 is 1.86 bits per heavy atom. The number of aliphatic hydroxyl groups is 1. The smallest absolute Gasteiger partial charge is 0.240 e. The molecule has 0 aromatic heterocycles. The second-order valence-electron chi connectivity index (χ2n) is 6.27. The van der Waals surface area contributed by atoms with Gasteiger partial charge in [0.05, 0.1) is 5.41 Å². The molecular weight excluding hydrogens is 266 g/mol. The van der Waals surface area contributed by atoms with Crippen LogP contribution in [0.15, 0.2) is 30.3 Å². The van der Waals surface area contributed by atoms with Crippen LogP contribution in [0.3, 0.4) is 0 Å². The van der Waals surface area contributed by atoms with Crippen molar-refractivity contribution in [2.24, 2.45) is 5.92 Å². The molecule has 0 spiro atoms. The first kappa shape index (κ1) is 15.7. The van der Waals surface area contributed by atoms with Crippen LogP contribution in [-0.4, -0.2) is 34.5 Å². The Bertz CT molecular complexity index is 526. The Morgan fingerprint density at radius 3 is 2.38 bits per heavy atom. The molecule has 1 aliphatic rings. The van der Waals surface area contributed by atoms with E-state index in [0.717, 1.165) is 5.56 Å². The monoisotopic (exact) mass is 289 g/mol. The second kappa shape index (κ2) is 5.98. The molecule has 1 aromatic carbocycles. The summed E-state index contributed by atoms with van der Waals surface area (Å²) in [6.07, 6.45) is 0.629. The minimum absolute atomic E-state index is 0.0258. The van der Waals surface area contributed by atoms with Gasteiger partial charge in [-0.25, -0.2) is 0 Å². The number of amides is 2. The molecule has 0 radical (unpaired) electrons. The van der Waals surface area contributed by atoms with Crippen molar-refractivity contribution in [2.75, 3.05) is 6.61 Å². The molecule has 1 heterocycles. The molecular formula is C17H23NO3. The van der Waals surface area contributed by atoms with Crippen LogP contribution in [0.1, 0.15) is 39.2 Å². The zero-order valence-electron chi connectivity index (χ0n) is 12.9. The number of likely N-dealkylation sites (tertiary alicyclic amines) is 1. The van der Waals surface area contributed by atoms with Gasteiger partial charge in [-0.2, -0.15) is 0 Å². The first-order valence-electron chi connectivity index (χ1n) is 7.44. The van der Waals surface area contributed by atoms with Crippen LogP contribution in [0.25, 0.3) is 0 Å². The number of hydrogen-bond donors (Lipinski definition) is 1. The highest BCUT2D eigenvalue weighted by molar-refractivity contribution is 6.09. The van der Waals surface area contributed by atoms with E-state index in [0.29, 0.717) is 6.42 Å². The molecule has 2 amide bonds. The predicted molar refractivity (Wildman–Crippen MR) is 80.6 cm³/mol. The number of nitrogens with zero attached hydrogens (tertiary/aromatic N) is 1. The van der Waals surface area contributed by atoms with Crippen LogP contribution < -0.4 is 0 Å². The zero-order valence-corrected chi connectivity index (χ0v) is 12.9. The maximum absolute atomic E-state index is 12.9. The van der Waals surface area contributed by atoms with Crippen molar-refractivity contribution in [3.8, 4) is 0 Å². The lowest BCUT2D eigenvalue weighted by Crippen LogP contribution is -2.46. The molecule has 2 rings (SSSR count). The fourth-order valence-corrected chi connectivity index (χ4v) is 3.10. The van der Waals surface area contributed by atoms with E-state index in [2.05, 4.69) is 0 Å². The number of hydrogen-bond acceptors (Lipinski definition) is 3. The summed E-state index contributed by atoms with van der Waals surface area (Å²) in [6.45, 7) is 5.75. The predicted octanol–water partition coefficient (Wildman–Crippen LogP) is 2.11. The lowest BCUT2D eigenvalue weighted by molar-refractivity contribution is -0.144. The summed E-state index contributed by atoms with van der Waals surface area (Å²) in [6, 6.07) is 9.22. The molecule has 1 aromatic rings. The number of benzene rings is 1. The highest BCUT2D eigenvalue weighted by Crippen LogP contribution is 2.38. The van der Waals surface area contributed by atoms with Crippen molar-refractivity contribution < 1.29 is 14.7 Å². The van der Waals surface area contributed by atoms with E-state index in [1.807, 2.05) is 51.1 Å². The number of carbonyl (C=O) groups excluding carboxylic acids is 2. The quantitative estimate of drug-likeness (QED) is 0.845. The lowest BCUT2D eigenvalue weighted by atomic mass is 9.81. The molecule has 0 saturated carbocycles. The Kier molecular flexibility index (Phi) is 4.47. The van der Waals surface area contributed by atoms with E-state index < -0.39 is 5.41 Å². The van der Waals surface area contributed by atoms with Crippen LogP contribution in [0, 0.1) is 5.92 Å². The molecule has 2 atom stereocenters. The average Bonchev–Trinajstić information content (AvgIpc) is 2.69. The van der Waals surface area contributed by atoms with E-state index in [1.165, 1.54) is 4.90 Å². The third kappa shape index (κ3) is 2.72. The van der Waals surface area contributed by atoms with Gasteiger partial charge < -0.3 is 5.11 Å². The van der Waals surface area contributed by atoms with Crippen LogP contribution >= 0.6 is 0 Å². The third-order valence-electron chi connectivity index (χ3n) is 4.40. The summed E-state index contributed by atoms with van der Waals surface area (Å²) < 4.78 is 0. The molecule has 0 bridgehead atoms. The zero-order chi connectivity index (χ0) is 15.6. The number of carbonyl (C=O) groups is 2. The fourth-order valence-electron chi connectivity index (χ4n) is 3.10. The summed E-state index contributed by atoms with van der Waals surface area (Å²) in [5, 5.41) is 9.22. The van der Waals surface area contributed by atoms with E-state index >= 15 is 0 Å². The van der Waals surface area contributed by atoms with E-state index in [1.54, 1.807) is 0 Å². The molecule has 4 nitrogen and oxygen atoms in total. The molecule has 0 aliphatic carbocycles. The first-order chi connectivity index (χ1) is 9.91. The Labute approximate surface area is 125 Å². The van der Waals surface area contributed by atoms with Gasteiger partial charge in [-0.05, 0) is 24.8 Å². The molecule has 1 fully saturated rings. The molecule has 4 heteroatoms. The summed E-state index contributed by atoms with van der Waals surface area (Å²) in [4.78, 5) is 26.7. The molecule has 114 valence electrons. The van der Waals surface area contributed by atoms with Crippen LogP contribution in [0.5, 0.6) is 0 Å². The van der Waals surface area contributed by atoms with Gasteiger partial charge in [0.25, 0.3) is 0 Å². The van der Waals surface area contributed by atoms with Crippen molar-refractivity contribution in [3.63, 3.8) is 0 Å². The van der Waals surface area contributed by atoms with E-state index in [-0.39, 0.29) is 36.8 Å². The largest absolute Gasteiger partial charge is 0.396 e. The van der Waals surface area contributed by atoms with Gasteiger partial charge in [0.1, 0.15) is 0 Å². The van der Waals surface area contributed by atoms with Crippen molar-refractivity contribution in [1.82, 2.24) is 4.90 Å². The minimum atomic E-state index is -0.791. The van der Waals surface area contributed by atoms with E-state index in [9.17, 15) is 14.7 Å². The maximum atomic E-state index is 12.9. The average molecular weight is 289 g/mol. The van der Waals surface area contributed by atoms with Crippen molar-refractivity contribution in [3.05, 3.63) is 35.9 Å². The Hall–Kier alpha value is -1.68. The maximum Gasteiger partial charge on any atom is 0.240 e. The SMILES string of the molecule is CC(C)C(CCO)N1C(=O)CC(C)(c2ccccc2)C1=O. The van der Waals surface area contributed by atoms with Crippen LogP contribution in [0.4, 0.5) is 0 Å². The molecule has 1 saturated heterocycles. The summed E-state index contributed by atoms with van der Waals surface area (Å²) in [7, 11) is 0. The van der Waals surface area contributed by atoms with Gasteiger partial charge in [0, 0.05) is 19.1 Å². The fraction of sp³-hybridized carbons (Fsp3) is 0.529. The molecule has 1 aliphatic heterocycles. The Morgan fingerprint density at radius 1 is 1.24 bits per heavy atom. The topological polar surface area (TPSA) is 57.6 Å². The van der Waals surface area contributed by atoms with Gasteiger partial charge >= 0.3 is 0 Å². The van der Waals surface area contributed by atoms with E-state index in [4.69, 9.17) is 0 Å². The highest BCUT2D eigenvalue weighted by Gasteiger charge is 2.51. The van der Waals surface area contributed by atoms with Gasteiger partial charge in [0.15, 0.2) is 0 Å². The van der Waals surface area contributed by atoms with Gasteiger partial charge in [-0.3, -0.25) is 14.5 Å². The summed E-state index contributed by atoms with van der Waals surface area (Å²) in [5.41, 5.74) is 0.0818.